The van der Waals surface area contributed by atoms with E-state index in [4.69, 9.17) is 23.2 Å². The number of carbonyl (C=O) groups is 2. The quantitative estimate of drug-likeness (QED) is 0.271. The number of sulfonamides is 1. The highest BCUT2D eigenvalue weighted by Crippen LogP contribution is 2.24. The summed E-state index contributed by atoms with van der Waals surface area (Å²) in [6.45, 7) is 3.94. The zero-order valence-corrected chi connectivity index (χ0v) is 25.2. The van der Waals surface area contributed by atoms with Gasteiger partial charge in [0.2, 0.25) is 21.8 Å². The van der Waals surface area contributed by atoms with E-state index >= 15 is 0 Å². The van der Waals surface area contributed by atoms with Gasteiger partial charge in [0, 0.05) is 42.0 Å². The highest BCUT2D eigenvalue weighted by molar-refractivity contribution is 7.92. The lowest BCUT2D eigenvalue weighted by Gasteiger charge is -2.32. The van der Waals surface area contributed by atoms with Crippen LogP contribution in [-0.2, 0) is 32.6 Å². The van der Waals surface area contributed by atoms with Crippen LogP contribution in [0, 0.1) is 0 Å². The van der Waals surface area contributed by atoms with E-state index in [0.717, 1.165) is 11.8 Å². The van der Waals surface area contributed by atoms with Crippen LogP contribution in [-0.4, -0.2) is 50.0 Å². The van der Waals surface area contributed by atoms with Gasteiger partial charge in [-0.2, -0.15) is 0 Å². The molecule has 0 bridgehead atoms. The van der Waals surface area contributed by atoms with Gasteiger partial charge in [0.15, 0.2) is 0 Å². The predicted octanol–water partition coefficient (Wildman–Crippen LogP) is 5.70. The number of rotatable bonds is 13. The maximum Gasteiger partial charge on any atom is 0.243 e. The molecule has 1 atom stereocenters. The molecule has 0 aliphatic rings. The lowest BCUT2D eigenvalue weighted by atomic mass is 10.0. The van der Waals surface area contributed by atoms with Crippen molar-refractivity contribution >= 4 is 50.7 Å². The topological polar surface area (TPSA) is 86.8 Å². The summed E-state index contributed by atoms with van der Waals surface area (Å²) in [5.41, 5.74) is 2.05. The molecule has 3 aromatic rings. The number of amides is 2. The van der Waals surface area contributed by atoms with Crippen molar-refractivity contribution in [2.24, 2.45) is 0 Å². The third-order valence-electron chi connectivity index (χ3n) is 6.25. The Morgan fingerprint density at radius 3 is 2.23 bits per heavy atom. The molecule has 3 rings (SSSR count). The first-order valence-corrected chi connectivity index (χ1v) is 15.7. The van der Waals surface area contributed by atoms with Gasteiger partial charge in [-0.05, 0) is 55.7 Å². The minimum absolute atomic E-state index is 0.0251. The number of nitrogens with one attached hydrogen (secondary N) is 1. The van der Waals surface area contributed by atoms with Crippen molar-refractivity contribution in [2.75, 3.05) is 17.1 Å². The van der Waals surface area contributed by atoms with Crippen molar-refractivity contribution in [1.82, 2.24) is 10.2 Å². The lowest BCUT2D eigenvalue weighted by Crippen LogP contribution is -2.51. The number of carbonyl (C=O) groups excluding carboxylic acids is 2. The molecule has 0 aliphatic heterocycles. The van der Waals surface area contributed by atoms with Crippen LogP contribution in [0.25, 0.3) is 0 Å². The molecule has 0 aliphatic carbocycles. The molecule has 0 saturated heterocycles. The molecule has 0 heterocycles. The number of hydrogen-bond acceptors (Lipinski definition) is 4. The zero-order valence-electron chi connectivity index (χ0n) is 22.9. The summed E-state index contributed by atoms with van der Waals surface area (Å²) in [6, 6.07) is 22.4. The van der Waals surface area contributed by atoms with Gasteiger partial charge in [-0.1, -0.05) is 77.8 Å². The first kappa shape index (κ1) is 31.5. The van der Waals surface area contributed by atoms with E-state index in [0.29, 0.717) is 27.7 Å². The van der Waals surface area contributed by atoms with Crippen LogP contribution >= 0.6 is 23.2 Å². The molecule has 214 valence electrons. The zero-order chi connectivity index (χ0) is 29.3. The van der Waals surface area contributed by atoms with E-state index in [1.165, 1.54) is 4.31 Å². The maximum absolute atomic E-state index is 13.8. The average Bonchev–Trinajstić information content (AvgIpc) is 2.89. The summed E-state index contributed by atoms with van der Waals surface area (Å²) < 4.78 is 26.3. The smallest absolute Gasteiger partial charge is 0.243 e. The van der Waals surface area contributed by atoms with Gasteiger partial charge in [0.25, 0.3) is 0 Å². The third kappa shape index (κ3) is 9.25. The van der Waals surface area contributed by atoms with Crippen molar-refractivity contribution in [2.45, 2.75) is 51.7 Å². The second kappa shape index (κ2) is 14.5. The Bertz CT molecular complexity index is 1400. The number of nitrogens with zero attached hydrogens (tertiary/aromatic N) is 2. The molecule has 0 unspecified atom stereocenters. The van der Waals surface area contributed by atoms with Crippen molar-refractivity contribution in [1.29, 1.82) is 0 Å². The molecule has 0 spiro atoms. The Kier molecular flexibility index (Phi) is 11.4. The van der Waals surface area contributed by atoms with Crippen LogP contribution in [0.15, 0.2) is 78.9 Å². The molecule has 2 amide bonds. The summed E-state index contributed by atoms with van der Waals surface area (Å²) in [5, 5.41) is 3.86. The molecular formula is C30H35Cl2N3O4S. The molecular weight excluding hydrogens is 569 g/mol. The standard InChI is InChI=1S/C30H35Cl2N3O4S/c1-22(2)33-30(37)28(19-23-11-5-4-6-12-23)34(21-24-13-7-8-16-27(24)32)29(36)17-10-18-35(40(3,38)39)26-15-9-14-25(31)20-26/h4-9,11-16,20,22,28H,10,17-19,21H2,1-3H3,(H,33,37)/t28-/m0/s1. The molecule has 0 saturated carbocycles. The molecule has 7 nitrogen and oxygen atoms in total. The fourth-order valence-corrected chi connectivity index (χ4v) is 5.72. The van der Waals surface area contributed by atoms with Gasteiger partial charge in [0.1, 0.15) is 6.04 Å². The SMILES string of the molecule is CC(C)NC(=O)[C@H](Cc1ccccc1)N(Cc1ccccc1Cl)C(=O)CCCN(c1cccc(Cl)c1)S(C)(=O)=O. The fourth-order valence-electron chi connectivity index (χ4n) is 4.38. The average molecular weight is 605 g/mol. The summed E-state index contributed by atoms with van der Waals surface area (Å²) in [7, 11) is -3.62. The lowest BCUT2D eigenvalue weighted by molar-refractivity contribution is -0.141. The van der Waals surface area contributed by atoms with Crippen molar-refractivity contribution in [3.8, 4) is 0 Å². The van der Waals surface area contributed by atoms with Crippen LogP contribution in [0.2, 0.25) is 10.0 Å². The maximum atomic E-state index is 13.8. The van der Waals surface area contributed by atoms with E-state index in [9.17, 15) is 18.0 Å². The first-order chi connectivity index (χ1) is 19.0. The van der Waals surface area contributed by atoms with Gasteiger partial charge < -0.3 is 10.2 Å². The van der Waals surface area contributed by atoms with Gasteiger partial charge >= 0.3 is 0 Å². The number of hydrogen-bond donors (Lipinski definition) is 1. The molecule has 0 aromatic heterocycles. The van der Waals surface area contributed by atoms with Crippen molar-refractivity contribution < 1.29 is 18.0 Å². The largest absolute Gasteiger partial charge is 0.352 e. The molecule has 40 heavy (non-hydrogen) atoms. The second-order valence-corrected chi connectivity index (χ2v) is 12.7. The van der Waals surface area contributed by atoms with Gasteiger partial charge in [-0.15, -0.1) is 0 Å². The second-order valence-electron chi connectivity index (χ2n) is 9.90. The summed E-state index contributed by atoms with van der Waals surface area (Å²) in [4.78, 5) is 28.8. The molecule has 1 N–H and O–H groups in total. The predicted molar refractivity (Wildman–Crippen MR) is 162 cm³/mol. The Morgan fingerprint density at radius 1 is 0.925 bits per heavy atom. The third-order valence-corrected chi connectivity index (χ3v) is 8.05. The molecule has 10 heteroatoms. The first-order valence-electron chi connectivity index (χ1n) is 13.1. The van der Waals surface area contributed by atoms with E-state index in [1.807, 2.05) is 56.3 Å². The monoisotopic (exact) mass is 603 g/mol. The Hall–Kier alpha value is -3.07. The minimum atomic E-state index is -3.62. The van der Waals surface area contributed by atoms with E-state index in [1.54, 1.807) is 41.3 Å². The van der Waals surface area contributed by atoms with Gasteiger partial charge in [-0.25, -0.2) is 8.42 Å². The number of benzene rings is 3. The normalized spacial score (nSPS) is 12.2. The van der Waals surface area contributed by atoms with Crippen LogP contribution in [0.3, 0.4) is 0 Å². The van der Waals surface area contributed by atoms with Crippen LogP contribution < -0.4 is 9.62 Å². The summed E-state index contributed by atoms with van der Waals surface area (Å²) in [5.74, 6) is -0.546. The van der Waals surface area contributed by atoms with E-state index in [2.05, 4.69) is 5.32 Å². The summed E-state index contributed by atoms with van der Waals surface area (Å²) in [6.07, 6.45) is 1.69. The van der Waals surface area contributed by atoms with Crippen molar-refractivity contribution in [3.05, 3.63) is 100 Å². The Labute approximate surface area is 247 Å². The fraction of sp³-hybridized carbons (Fsp3) is 0.333. The highest BCUT2D eigenvalue weighted by Gasteiger charge is 2.31. The highest BCUT2D eigenvalue weighted by atomic mass is 35.5. The molecule has 0 radical (unpaired) electrons. The van der Waals surface area contributed by atoms with Crippen LogP contribution in [0.4, 0.5) is 5.69 Å². The van der Waals surface area contributed by atoms with Crippen LogP contribution in [0.5, 0.6) is 0 Å². The van der Waals surface area contributed by atoms with E-state index < -0.39 is 16.1 Å². The van der Waals surface area contributed by atoms with Gasteiger partial charge in [-0.3, -0.25) is 13.9 Å². The van der Waals surface area contributed by atoms with Gasteiger partial charge in [0.05, 0.1) is 11.9 Å². The number of anilines is 1. The molecule has 0 fully saturated rings. The Balaban J connectivity index is 1.89. The minimum Gasteiger partial charge on any atom is -0.352 e. The molecule has 3 aromatic carbocycles. The Morgan fingerprint density at radius 2 is 1.60 bits per heavy atom. The van der Waals surface area contributed by atoms with Crippen LogP contribution in [0.1, 0.15) is 37.8 Å². The number of halogens is 2. The van der Waals surface area contributed by atoms with E-state index in [-0.39, 0.29) is 43.8 Å². The van der Waals surface area contributed by atoms with Crippen molar-refractivity contribution in [3.63, 3.8) is 0 Å². The summed E-state index contributed by atoms with van der Waals surface area (Å²) >= 11 is 12.5.